The number of rotatable bonds is 6. The topological polar surface area (TPSA) is 92.9 Å². The van der Waals surface area contributed by atoms with Gasteiger partial charge < -0.3 is 19.2 Å². The summed E-state index contributed by atoms with van der Waals surface area (Å²) in [6.45, 7) is -2.62. The number of carboxylic acids is 1. The van der Waals surface area contributed by atoms with Crippen molar-refractivity contribution in [1.82, 2.24) is 9.88 Å². The van der Waals surface area contributed by atoms with Gasteiger partial charge in [0, 0.05) is 54.3 Å². The Bertz CT molecular complexity index is 1400. The van der Waals surface area contributed by atoms with Crippen LogP contribution in [0.1, 0.15) is 33.7 Å². The summed E-state index contributed by atoms with van der Waals surface area (Å²) in [7, 11) is 0. The molecule has 1 N–H and O–H groups in total. The molecule has 2 aliphatic rings. The molecule has 2 aromatic heterocycles. The standard InChI is InChI=1S/C24H16F2N2O5/c25-24(26)33-19-6-5-15(21-17-10-27-8-7-18(17)32-22(19)21)14-9-20(29)28(12-14)11-13-3-1-2-4-16(13)23(30)31/h1-4,7-8,10,14,24H,9,11-12H2,(H,30,31). The quantitative estimate of drug-likeness (QED) is 0.563. The van der Waals surface area contributed by atoms with Crippen LogP contribution in [0.25, 0.3) is 22.3 Å². The number of ether oxygens (including phenoxy) is 1. The Hall–Kier alpha value is -4.19. The summed E-state index contributed by atoms with van der Waals surface area (Å²) in [5.74, 6) is -1.72. The highest BCUT2D eigenvalue weighted by Crippen LogP contribution is 2.42. The Balaban J connectivity index is 1.51. The molecule has 1 aliphatic carbocycles. The molecule has 0 radical (unpaired) electrons. The molecule has 1 unspecified atom stereocenters. The zero-order valence-corrected chi connectivity index (χ0v) is 17.0. The summed E-state index contributed by atoms with van der Waals surface area (Å²) >= 11 is 0. The maximum atomic E-state index is 12.9. The van der Waals surface area contributed by atoms with E-state index in [1.165, 1.54) is 12.3 Å². The summed E-state index contributed by atoms with van der Waals surface area (Å²) < 4.78 is 36.1. The van der Waals surface area contributed by atoms with Crippen molar-refractivity contribution in [3.63, 3.8) is 0 Å². The van der Waals surface area contributed by atoms with Crippen LogP contribution in [-0.2, 0) is 16.1 Å². The predicted octanol–water partition coefficient (Wildman–Crippen LogP) is 4.31. The van der Waals surface area contributed by atoms with Crippen molar-refractivity contribution in [1.29, 1.82) is 0 Å². The molecule has 0 saturated carbocycles. The molecular formula is C24H16F2N2O5. The lowest BCUT2D eigenvalue weighted by Crippen LogP contribution is -2.25. The van der Waals surface area contributed by atoms with Gasteiger partial charge in [0.2, 0.25) is 11.7 Å². The summed E-state index contributed by atoms with van der Waals surface area (Å²) in [5, 5.41) is 10.0. The minimum atomic E-state index is -3.06. The highest BCUT2D eigenvalue weighted by molar-refractivity contribution is 5.98. The number of carbonyl (C=O) groups is 2. The number of amides is 1. The largest absolute Gasteiger partial charge is 0.478 e. The van der Waals surface area contributed by atoms with Crippen molar-refractivity contribution in [2.45, 2.75) is 19.6 Å². The molecular weight excluding hydrogens is 434 g/mol. The van der Waals surface area contributed by atoms with Gasteiger partial charge in [0.05, 0.1) is 5.56 Å². The Morgan fingerprint density at radius 2 is 2.12 bits per heavy atom. The highest BCUT2D eigenvalue weighted by Gasteiger charge is 2.37. The van der Waals surface area contributed by atoms with Gasteiger partial charge in [-0.1, -0.05) is 23.9 Å². The minimum Gasteiger partial charge on any atom is -0.478 e. The van der Waals surface area contributed by atoms with E-state index >= 15 is 0 Å². The lowest BCUT2D eigenvalue weighted by Gasteiger charge is -2.19. The molecule has 33 heavy (non-hydrogen) atoms. The summed E-state index contributed by atoms with van der Waals surface area (Å²) in [6.07, 6.45) is 3.23. The van der Waals surface area contributed by atoms with E-state index in [0.717, 1.165) is 0 Å². The molecule has 1 atom stereocenters. The Morgan fingerprint density at radius 1 is 1.30 bits per heavy atom. The zero-order chi connectivity index (χ0) is 23.1. The van der Waals surface area contributed by atoms with E-state index in [4.69, 9.17) is 4.42 Å². The number of alkyl halides is 2. The van der Waals surface area contributed by atoms with E-state index in [-0.39, 0.29) is 41.9 Å². The molecule has 9 heteroatoms. The van der Waals surface area contributed by atoms with Crippen molar-refractivity contribution >= 4 is 34.2 Å². The Kier molecular flexibility index (Phi) is 5.05. The molecule has 166 valence electrons. The van der Waals surface area contributed by atoms with Crippen LogP contribution in [0, 0.1) is 5.92 Å². The van der Waals surface area contributed by atoms with E-state index in [1.54, 1.807) is 35.4 Å². The van der Waals surface area contributed by atoms with Crippen molar-refractivity contribution in [3.8, 4) is 0 Å². The molecule has 5 rings (SSSR count). The van der Waals surface area contributed by atoms with Gasteiger partial charge >= 0.3 is 12.6 Å². The third-order valence-corrected chi connectivity index (χ3v) is 5.71. The molecule has 3 aromatic rings. The molecule has 0 bridgehead atoms. The maximum Gasteiger partial charge on any atom is 0.388 e. The number of halogens is 2. The van der Waals surface area contributed by atoms with Crippen LogP contribution in [-0.4, -0.2) is 40.0 Å². The summed E-state index contributed by atoms with van der Waals surface area (Å²) in [5.41, 5.74) is 7.68. The number of carbonyl (C=O) groups excluding carboxylic acids is 1. The molecule has 1 aromatic carbocycles. The fourth-order valence-electron chi connectivity index (χ4n) is 4.28. The second-order valence-corrected chi connectivity index (χ2v) is 7.69. The number of nitrogens with zero attached hydrogens (tertiary/aromatic N) is 2. The van der Waals surface area contributed by atoms with Crippen molar-refractivity contribution in [2.75, 3.05) is 6.54 Å². The highest BCUT2D eigenvalue weighted by atomic mass is 19.3. The van der Waals surface area contributed by atoms with Crippen LogP contribution in [0.2, 0.25) is 0 Å². The number of hydrogen-bond acceptors (Lipinski definition) is 5. The van der Waals surface area contributed by atoms with Gasteiger partial charge in [-0.05, 0) is 23.4 Å². The van der Waals surface area contributed by atoms with E-state index in [0.29, 0.717) is 34.2 Å². The maximum absolute atomic E-state index is 12.9. The van der Waals surface area contributed by atoms with E-state index < -0.39 is 12.6 Å². The molecule has 1 fully saturated rings. The fraction of sp³-hybridized carbons (Fsp3) is 0.208. The van der Waals surface area contributed by atoms with E-state index in [2.05, 4.69) is 21.2 Å². The number of aromatic nitrogens is 1. The Morgan fingerprint density at radius 3 is 2.91 bits per heavy atom. The monoisotopic (exact) mass is 450 g/mol. The number of fused-ring (bicyclic) bond motifs is 3. The number of aromatic carboxylic acids is 1. The number of benzene rings is 1. The molecule has 3 heterocycles. The van der Waals surface area contributed by atoms with Gasteiger partial charge in [-0.25, -0.2) is 4.79 Å². The first-order valence-corrected chi connectivity index (χ1v) is 10.1. The van der Waals surface area contributed by atoms with Gasteiger partial charge in [-0.2, -0.15) is 8.78 Å². The third-order valence-electron chi connectivity index (χ3n) is 5.71. The molecule has 1 saturated heterocycles. The van der Waals surface area contributed by atoms with Crippen molar-refractivity contribution in [2.24, 2.45) is 5.92 Å². The van der Waals surface area contributed by atoms with Crippen LogP contribution in [0.5, 0.6) is 0 Å². The van der Waals surface area contributed by atoms with Crippen LogP contribution < -0.4 is 0 Å². The normalized spacial score (nSPS) is 17.4. The van der Waals surface area contributed by atoms with Crippen molar-refractivity contribution < 1.29 is 32.6 Å². The minimum absolute atomic E-state index is 0.0918. The number of furan rings is 1. The van der Waals surface area contributed by atoms with Gasteiger partial charge in [-0.15, -0.1) is 0 Å². The number of hydrogen-bond donors (Lipinski definition) is 1. The van der Waals surface area contributed by atoms with Gasteiger partial charge in [0.1, 0.15) is 5.58 Å². The van der Waals surface area contributed by atoms with Gasteiger partial charge in [-0.3, -0.25) is 9.78 Å². The second-order valence-electron chi connectivity index (χ2n) is 7.69. The fourth-order valence-corrected chi connectivity index (χ4v) is 4.28. The van der Waals surface area contributed by atoms with Crippen LogP contribution in [0.15, 0.2) is 58.6 Å². The van der Waals surface area contributed by atoms with Crippen LogP contribution >= 0.6 is 0 Å². The summed E-state index contributed by atoms with van der Waals surface area (Å²) in [4.78, 5) is 30.0. The number of likely N-dealkylation sites (tertiary alicyclic amines) is 1. The average Bonchev–Trinajstić information content (AvgIpc) is 3.35. The molecule has 1 amide bonds. The molecule has 0 spiro atoms. The van der Waals surface area contributed by atoms with Gasteiger partial charge in [0.15, 0.2) is 5.76 Å². The first kappa shape index (κ1) is 20.7. The smallest absolute Gasteiger partial charge is 0.388 e. The number of carboxylic acid groups (broad SMARTS) is 1. The second kappa shape index (κ2) is 8.06. The van der Waals surface area contributed by atoms with Crippen LogP contribution in [0.4, 0.5) is 8.78 Å². The lowest BCUT2D eigenvalue weighted by molar-refractivity contribution is -0.128. The van der Waals surface area contributed by atoms with E-state index in [1.807, 2.05) is 0 Å². The van der Waals surface area contributed by atoms with Crippen LogP contribution in [0.3, 0.4) is 0 Å². The first-order chi connectivity index (χ1) is 15.9. The van der Waals surface area contributed by atoms with Crippen molar-refractivity contribution in [3.05, 3.63) is 76.6 Å². The van der Waals surface area contributed by atoms with Gasteiger partial charge in [0.25, 0.3) is 0 Å². The first-order valence-electron chi connectivity index (χ1n) is 10.1. The number of pyridine rings is 1. The third kappa shape index (κ3) is 3.69. The summed E-state index contributed by atoms with van der Waals surface area (Å²) in [6, 6.07) is 8.13. The Labute approximate surface area is 185 Å². The molecule has 1 aliphatic heterocycles. The molecule has 7 nitrogen and oxygen atoms in total. The predicted molar refractivity (Wildman–Crippen MR) is 112 cm³/mol. The SMILES string of the molecule is O=C(O)c1ccccc1CN1CC(C2=C=C=C(OC(F)F)c3oc4ccncc4c32)CC1=O. The average molecular weight is 450 g/mol. The van der Waals surface area contributed by atoms with E-state index in [9.17, 15) is 23.5 Å². The lowest BCUT2D eigenvalue weighted by atomic mass is 9.89. The zero-order valence-electron chi connectivity index (χ0n) is 17.0.